The summed E-state index contributed by atoms with van der Waals surface area (Å²) in [5, 5.41) is 17.9. The molecule has 92 valence electrons. The van der Waals surface area contributed by atoms with Crippen molar-refractivity contribution in [1.29, 1.82) is 0 Å². The molecule has 2 unspecified atom stereocenters. The van der Waals surface area contributed by atoms with E-state index in [1.807, 2.05) is 0 Å². The highest BCUT2D eigenvalue weighted by molar-refractivity contribution is 5.82. The Balaban J connectivity index is 2.87. The first-order valence-electron chi connectivity index (χ1n) is 5.23. The molecule has 0 radical (unpaired) electrons. The summed E-state index contributed by atoms with van der Waals surface area (Å²) in [5.74, 6) is -3.16. The van der Waals surface area contributed by atoms with Crippen molar-refractivity contribution in [3.8, 4) is 5.75 Å². The van der Waals surface area contributed by atoms with Crippen molar-refractivity contribution >= 4 is 11.9 Å². The van der Waals surface area contributed by atoms with Gasteiger partial charge >= 0.3 is 11.9 Å². The minimum atomic E-state index is -1.38. The average Bonchev–Trinajstić information content (AvgIpc) is 2.29. The highest BCUT2D eigenvalue weighted by atomic mass is 16.5. The van der Waals surface area contributed by atoms with Crippen LogP contribution in [-0.2, 0) is 9.59 Å². The van der Waals surface area contributed by atoms with Crippen molar-refractivity contribution in [2.75, 3.05) is 0 Å². The molecular weight excluding hydrogens is 224 g/mol. The number of hydrogen-bond acceptors (Lipinski definition) is 3. The number of rotatable bonds is 6. The number of carbonyl (C=O) groups is 2. The van der Waals surface area contributed by atoms with Crippen LogP contribution in [0.15, 0.2) is 30.3 Å². The Labute approximate surface area is 98.6 Å². The first-order valence-corrected chi connectivity index (χ1v) is 5.23. The second-order valence-electron chi connectivity index (χ2n) is 3.54. The van der Waals surface area contributed by atoms with Crippen LogP contribution in [0.25, 0.3) is 0 Å². The fraction of sp³-hybridized carbons (Fsp3) is 0.333. The first kappa shape index (κ1) is 13.0. The smallest absolute Gasteiger partial charge is 0.345 e. The molecule has 1 aromatic carbocycles. The van der Waals surface area contributed by atoms with Crippen LogP contribution in [0.4, 0.5) is 0 Å². The maximum absolute atomic E-state index is 11.0. The average molecular weight is 238 g/mol. The molecular formula is C12H14O5. The fourth-order valence-electron chi connectivity index (χ4n) is 1.47. The third-order valence-corrected chi connectivity index (χ3v) is 2.37. The van der Waals surface area contributed by atoms with Gasteiger partial charge in [-0.2, -0.15) is 0 Å². The summed E-state index contributed by atoms with van der Waals surface area (Å²) >= 11 is 0. The summed E-state index contributed by atoms with van der Waals surface area (Å²) in [5.41, 5.74) is 0. The summed E-state index contributed by atoms with van der Waals surface area (Å²) in [6, 6.07) is 8.32. The molecule has 0 heterocycles. The Kier molecular flexibility index (Phi) is 4.51. The highest BCUT2D eigenvalue weighted by Gasteiger charge is 2.34. The lowest BCUT2D eigenvalue weighted by atomic mass is 9.99. The van der Waals surface area contributed by atoms with E-state index in [2.05, 4.69) is 0 Å². The largest absolute Gasteiger partial charge is 0.481 e. The monoisotopic (exact) mass is 238 g/mol. The predicted molar refractivity (Wildman–Crippen MR) is 59.9 cm³/mol. The Hall–Kier alpha value is -2.04. The molecule has 1 aromatic rings. The van der Waals surface area contributed by atoms with E-state index in [0.29, 0.717) is 5.75 Å². The molecule has 2 N–H and O–H groups in total. The Morgan fingerprint density at radius 3 is 2.18 bits per heavy atom. The lowest BCUT2D eigenvalue weighted by molar-refractivity contribution is -0.157. The van der Waals surface area contributed by atoms with E-state index in [0.717, 1.165) is 0 Å². The van der Waals surface area contributed by atoms with Crippen LogP contribution in [0.5, 0.6) is 5.75 Å². The third kappa shape index (κ3) is 3.48. The van der Waals surface area contributed by atoms with Gasteiger partial charge in [-0.25, -0.2) is 4.79 Å². The van der Waals surface area contributed by atoms with Gasteiger partial charge in [-0.3, -0.25) is 4.79 Å². The zero-order chi connectivity index (χ0) is 12.8. The molecule has 0 bridgehead atoms. The summed E-state index contributed by atoms with van der Waals surface area (Å²) in [7, 11) is 0. The molecule has 0 saturated carbocycles. The lowest BCUT2D eigenvalue weighted by Crippen LogP contribution is -2.39. The molecule has 0 aliphatic heterocycles. The first-order chi connectivity index (χ1) is 8.06. The van der Waals surface area contributed by atoms with Crippen molar-refractivity contribution in [1.82, 2.24) is 0 Å². The molecule has 2 atom stereocenters. The van der Waals surface area contributed by atoms with Crippen LogP contribution < -0.4 is 4.74 Å². The maximum Gasteiger partial charge on any atom is 0.345 e. The Bertz CT molecular complexity index is 387. The summed E-state index contributed by atoms with van der Waals surface area (Å²) < 4.78 is 5.21. The van der Waals surface area contributed by atoms with Gasteiger partial charge in [-0.05, 0) is 18.6 Å². The molecule has 1 rings (SSSR count). The van der Waals surface area contributed by atoms with Gasteiger partial charge in [0.1, 0.15) is 11.7 Å². The van der Waals surface area contributed by atoms with Crippen LogP contribution in [0.3, 0.4) is 0 Å². The Morgan fingerprint density at radius 2 is 1.76 bits per heavy atom. The number of carboxylic acid groups (broad SMARTS) is 2. The minimum absolute atomic E-state index is 0.194. The van der Waals surface area contributed by atoms with Crippen LogP contribution in [0, 0.1) is 5.92 Å². The quantitative estimate of drug-likeness (QED) is 0.786. The Morgan fingerprint density at radius 1 is 1.18 bits per heavy atom. The molecule has 0 aromatic heterocycles. The zero-order valence-electron chi connectivity index (χ0n) is 9.37. The number of para-hydroxylation sites is 1. The maximum atomic E-state index is 11.0. The topological polar surface area (TPSA) is 83.8 Å². The van der Waals surface area contributed by atoms with Crippen molar-refractivity contribution in [2.24, 2.45) is 5.92 Å². The minimum Gasteiger partial charge on any atom is -0.481 e. The second-order valence-corrected chi connectivity index (χ2v) is 3.54. The van der Waals surface area contributed by atoms with Crippen molar-refractivity contribution in [2.45, 2.75) is 19.4 Å². The van der Waals surface area contributed by atoms with Crippen LogP contribution in [-0.4, -0.2) is 28.3 Å². The van der Waals surface area contributed by atoms with Gasteiger partial charge in [0.05, 0.1) is 0 Å². The molecule has 0 aliphatic carbocycles. The van der Waals surface area contributed by atoms with Gasteiger partial charge in [0.25, 0.3) is 0 Å². The SMILES string of the molecule is CCC(C(=O)O)C(Oc1ccccc1)C(=O)O. The molecule has 0 saturated heterocycles. The molecule has 5 heteroatoms. The summed E-state index contributed by atoms with van der Waals surface area (Å²) in [4.78, 5) is 21.9. The van der Waals surface area contributed by atoms with E-state index < -0.39 is 24.0 Å². The van der Waals surface area contributed by atoms with Gasteiger partial charge in [0.15, 0.2) is 0 Å². The molecule has 5 nitrogen and oxygen atoms in total. The van der Waals surface area contributed by atoms with Crippen molar-refractivity contribution in [3.05, 3.63) is 30.3 Å². The standard InChI is InChI=1S/C12H14O5/c1-2-9(11(13)14)10(12(15)16)17-8-6-4-3-5-7-8/h3-7,9-10H,2H2,1H3,(H,13,14)(H,15,16). The third-order valence-electron chi connectivity index (χ3n) is 2.37. The van der Waals surface area contributed by atoms with Crippen LogP contribution >= 0.6 is 0 Å². The number of hydrogen-bond donors (Lipinski definition) is 2. The van der Waals surface area contributed by atoms with E-state index >= 15 is 0 Å². The van der Waals surface area contributed by atoms with Gasteiger partial charge in [0.2, 0.25) is 6.10 Å². The van der Waals surface area contributed by atoms with Gasteiger partial charge in [-0.15, -0.1) is 0 Å². The molecule has 0 amide bonds. The van der Waals surface area contributed by atoms with E-state index in [4.69, 9.17) is 14.9 Å². The van der Waals surface area contributed by atoms with Crippen LogP contribution in [0.1, 0.15) is 13.3 Å². The summed E-state index contributed by atoms with van der Waals surface area (Å²) in [6.07, 6.45) is -1.18. The number of benzene rings is 1. The van der Waals surface area contributed by atoms with Crippen molar-refractivity contribution in [3.63, 3.8) is 0 Å². The van der Waals surface area contributed by atoms with Gasteiger partial charge in [0, 0.05) is 0 Å². The van der Waals surface area contributed by atoms with Gasteiger partial charge in [-0.1, -0.05) is 25.1 Å². The number of aliphatic carboxylic acids is 2. The molecule has 0 aliphatic rings. The molecule has 0 fully saturated rings. The van der Waals surface area contributed by atoms with Gasteiger partial charge < -0.3 is 14.9 Å². The van der Waals surface area contributed by atoms with E-state index in [1.165, 1.54) is 0 Å². The summed E-state index contributed by atoms with van der Waals surface area (Å²) in [6.45, 7) is 1.61. The predicted octanol–water partition coefficient (Wildman–Crippen LogP) is 1.63. The van der Waals surface area contributed by atoms with Crippen molar-refractivity contribution < 1.29 is 24.5 Å². The van der Waals surface area contributed by atoms with Crippen LogP contribution in [0.2, 0.25) is 0 Å². The normalized spacial score (nSPS) is 13.7. The molecule has 0 spiro atoms. The molecule has 17 heavy (non-hydrogen) atoms. The second kappa shape index (κ2) is 5.89. The highest BCUT2D eigenvalue weighted by Crippen LogP contribution is 2.18. The number of carboxylic acids is 2. The lowest BCUT2D eigenvalue weighted by Gasteiger charge is -2.20. The van der Waals surface area contributed by atoms with E-state index in [1.54, 1.807) is 37.3 Å². The number of ether oxygens (including phenoxy) is 1. The fourth-order valence-corrected chi connectivity index (χ4v) is 1.47. The van der Waals surface area contributed by atoms with E-state index in [-0.39, 0.29) is 6.42 Å². The van der Waals surface area contributed by atoms with E-state index in [9.17, 15) is 9.59 Å². The zero-order valence-corrected chi connectivity index (χ0v) is 9.37.